The van der Waals surface area contributed by atoms with Crippen LogP contribution in [0, 0.1) is 0 Å². The van der Waals surface area contributed by atoms with Gasteiger partial charge in [-0.05, 0) is 31.2 Å². The van der Waals surface area contributed by atoms with Crippen molar-refractivity contribution in [1.29, 1.82) is 0 Å². The van der Waals surface area contributed by atoms with Crippen LogP contribution in [0.15, 0.2) is 42.7 Å². The number of aromatic nitrogens is 6. The van der Waals surface area contributed by atoms with Crippen LogP contribution in [0.5, 0.6) is 0 Å². The highest BCUT2D eigenvalue weighted by atomic mass is 16.5. The number of morpholine rings is 1. The molecule has 0 radical (unpaired) electrons. The molecule has 1 saturated heterocycles. The molecule has 4 N–H and O–H groups in total. The molecule has 1 aliphatic rings. The van der Waals surface area contributed by atoms with Crippen molar-refractivity contribution < 1.29 is 14.7 Å². The monoisotopic (exact) mass is 544 g/mol. The Morgan fingerprint density at radius 2 is 1.85 bits per heavy atom. The van der Waals surface area contributed by atoms with Crippen molar-refractivity contribution >= 4 is 34.9 Å². The third-order valence-corrected chi connectivity index (χ3v) is 6.59. The van der Waals surface area contributed by atoms with Crippen molar-refractivity contribution in [3.63, 3.8) is 0 Å². The van der Waals surface area contributed by atoms with E-state index in [0.29, 0.717) is 57.3 Å². The molecule has 0 unspecified atom stereocenters. The number of imidazole rings is 1. The maximum Gasteiger partial charge on any atom is 0.267 e. The Morgan fingerprint density at radius 3 is 2.52 bits per heavy atom. The second kappa shape index (κ2) is 12.2. The smallest absolute Gasteiger partial charge is 0.267 e. The lowest BCUT2D eigenvalue weighted by Crippen LogP contribution is -2.37. The van der Waals surface area contributed by atoms with E-state index in [-0.39, 0.29) is 5.95 Å². The molecule has 13 nitrogen and oxygen atoms in total. The Kier molecular flexibility index (Phi) is 8.24. The summed E-state index contributed by atoms with van der Waals surface area (Å²) in [6.07, 6.45) is 6.18. The predicted octanol–water partition coefficient (Wildman–Crippen LogP) is 1.87. The van der Waals surface area contributed by atoms with Gasteiger partial charge in [-0.15, -0.1) is 0 Å². The Morgan fingerprint density at radius 1 is 1.12 bits per heavy atom. The second-order valence-corrected chi connectivity index (χ2v) is 9.47. The molecular formula is C27H32N10O3. The van der Waals surface area contributed by atoms with Crippen LogP contribution in [0.4, 0.5) is 11.8 Å². The largest absolute Gasteiger partial charge is 0.378 e. The molecule has 208 valence electrons. The molecule has 0 bridgehead atoms. The first-order valence-electron chi connectivity index (χ1n) is 13.0. The van der Waals surface area contributed by atoms with Crippen molar-refractivity contribution in [1.82, 2.24) is 39.9 Å². The number of hydrogen-bond acceptors (Lipinski definition) is 11. The fourth-order valence-electron chi connectivity index (χ4n) is 4.61. The zero-order chi connectivity index (χ0) is 28.1. The molecule has 1 aliphatic heterocycles. The highest BCUT2D eigenvalue weighted by molar-refractivity contribution is 5.90. The van der Waals surface area contributed by atoms with Crippen molar-refractivity contribution in [3.8, 4) is 11.4 Å². The van der Waals surface area contributed by atoms with Crippen LogP contribution in [0.3, 0.4) is 0 Å². The summed E-state index contributed by atoms with van der Waals surface area (Å²) in [4.78, 5) is 38.7. The number of ether oxygens (including phenoxy) is 1. The van der Waals surface area contributed by atoms with Crippen LogP contribution in [-0.4, -0.2) is 78.9 Å². The number of hydroxylamine groups is 1. The molecule has 5 rings (SSSR count). The normalized spacial score (nSPS) is 13.9. The van der Waals surface area contributed by atoms with Gasteiger partial charge in [-0.2, -0.15) is 0 Å². The minimum atomic E-state index is -0.571. The van der Waals surface area contributed by atoms with Crippen molar-refractivity contribution in [2.24, 2.45) is 0 Å². The number of nitrogen functional groups attached to an aromatic ring is 1. The third-order valence-electron chi connectivity index (χ3n) is 6.59. The molecule has 3 aromatic heterocycles. The van der Waals surface area contributed by atoms with Gasteiger partial charge in [-0.3, -0.25) is 14.9 Å². The van der Waals surface area contributed by atoms with Gasteiger partial charge in [0.2, 0.25) is 5.95 Å². The van der Waals surface area contributed by atoms with Crippen molar-refractivity contribution in [2.45, 2.75) is 26.6 Å². The number of rotatable bonds is 9. The molecule has 4 aromatic rings. The van der Waals surface area contributed by atoms with E-state index in [4.69, 9.17) is 30.6 Å². The van der Waals surface area contributed by atoms with Gasteiger partial charge in [0.25, 0.3) is 5.91 Å². The van der Waals surface area contributed by atoms with Gasteiger partial charge < -0.3 is 19.9 Å². The van der Waals surface area contributed by atoms with E-state index in [1.807, 2.05) is 31.3 Å². The standard InChI is InChI=1S/C27H32N10O3/c1-3-37-21(17-35(2)16-19-6-4-18(5-7-19)8-9-22(38)34-39)31-23-25(36-10-12-40-13-11-36)32-24(33-26(23)37)20-14-29-27(28)30-15-20/h4-9,14-15,39H,3,10-13,16-17H2,1-2H3,(H,34,38)(H2,28,29,30)/b9-8+. The van der Waals surface area contributed by atoms with Crippen LogP contribution in [-0.2, 0) is 29.2 Å². The van der Waals surface area contributed by atoms with E-state index in [1.165, 1.54) is 6.08 Å². The fourth-order valence-corrected chi connectivity index (χ4v) is 4.61. The zero-order valence-electron chi connectivity index (χ0n) is 22.5. The van der Waals surface area contributed by atoms with Crippen LogP contribution < -0.4 is 16.1 Å². The molecule has 13 heteroatoms. The van der Waals surface area contributed by atoms with E-state index in [1.54, 1.807) is 23.9 Å². The maximum absolute atomic E-state index is 11.2. The summed E-state index contributed by atoms with van der Waals surface area (Å²) >= 11 is 0. The molecule has 0 spiro atoms. The molecular weight excluding hydrogens is 512 g/mol. The average Bonchev–Trinajstić information content (AvgIpc) is 3.33. The lowest BCUT2D eigenvalue weighted by Gasteiger charge is -2.28. The summed E-state index contributed by atoms with van der Waals surface area (Å²) in [5.74, 6) is 1.81. The maximum atomic E-state index is 11.2. The Labute approximate surface area is 231 Å². The van der Waals surface area contributed by atoms with Gasteiger partial charge in [-0.25, -0.2) is 30.4 Å². The molecule has 1 fully saturated rings. The number of hydrogen-bond donors (Lipinski definition) is 3. The van der Waals surface area contributed by atoms with Gasteiger partial charge >= 0.3 is 0 Å². The molecule has 0 saturated carbocycles. The quantitative estimate of drug-likeness (QED) is 0.160. The summed E-state index contributed by atoms with van der Waals surface area (Å²) in [6.45, 7) is 6.76. The minimum absolute atomic E-state index is 0.197. The summed E-state index contributed by atoms with van der Waals surface area (Å²) in [5.41, 5.74) is 11.5. The molecule has 1 amide bonds. The van der Waals surface area contributed by atoms with Gasteiger partial charge in [-0.1, -0.05) is 24.3 Å². The summed E-state index contributed by atoms with van der Waals surface area (Å²) in [5, 5.41) is 8.63. The summed E-state index contributed by atoms with van der Waals surface area (Å²) < 4.78 is 7.70. The number of benzene rings is 1. The number of carbonyl (C=O) groups excluding carboxylic acids is 1. The van der Waals surface area contributed by atoms with E-state index < -0.39 is 5.91 Å². The van der Waals surface area contributed by atoms with Gasteiger partial charge in [0.05, 0.1) is 25.3 Å². The van der Waals surface area contributed by atoms with Crippen LogP contribution in [0.25, 0.3) is 28.6 Å². The number of nitrogens with two attached hydrogens (primary N) is 1. The number of aryl methyl sites for hydroxylation is 1. The molecule has 0 atom stereocenters. The van der Waals surface area contributed by atoms with Crippen LogP contribution in [0.2, 0.25) is 0 Å². The Balaban J connectivity index is 1.43. The number of nitrogens with zero attached hydrogens (tertiary/aromatic N) is 8. The molecule has 40 heavy (non-hydrogen) atoms. The Hall–Kier alpha value is -4.46. The van der Waals surface area contributed by atoms with E-state index >= 15 is 0 Å². The van der Waals surface area contributed by atoms with Gasteiger partial charge in [0, 0.05) is 44.6 Å². The first-order chi connectivity index (χ1) is 19.4. The van der Waals surface area contributed by atoms with E-state index in [0.717, 1.165) is 33.9 Å². The van der Waals surface area contributed by atoms with Gasteiger partial charge in [0.1, 0.15) is 5.82 Å². The topological polar surface area (TPSA) is 160 Å². The first kappa shape index (κ1) is 27.1. The lowest BCUT2D eigenvalue weighted by molar-refractivity contribution is -0.124. The number of amides is 1. The summed E-state index contributed by atoms with van der Waals surface area (Å²) in [6, 6.07) is 7.88. The zero-order valence-corrected chi connectivity index (χ0v) is 22.5. The van der Waals surface area contributed by atoms with Gasteiger partial charge in [0.15, 0.2) is 22.8 Å². The SMILES string of the molecule is CCn1c(CN(C)Cc2ccc(/C=C/C(=O)NO)cc2)nc2c(N3CCOCC3)nc(-c3cnc(N)nc3)nc21. The van der Waals surface area contributed by atoms with Crippen molar-refractivity contribution in [3.05, 3.63) is 59.7 Å². The fraction of sp³-hybridized carbons (Fsp3) is 0.333. The number of fused-ring (bicyclic) bond motifs is 1. The number of carbonyl (C=O) groups is 1. The molecule has 1 aromatic carbocycles. The predicted molar refractivity (Wildman–Crippen MR) is 150 cm³/mol. The lowest BCUT2D eigenvalue weighted by atomic mass is 10.1. The second-order valence-electron chi connectivity index (χ2n) is 9.47. The third kappa shape index (κ3) is 6.06. The minimum Gasteiger partial charge on any atom is -0.378 e. The first-order valence-corrected chi connectivity index (χ1v) is 13.0. The number of anilines is 2. The highest BCUT2D eigenvalue weighted by Crippen LogP contribution is 2.29. The highest BCUT2D eigenvalue weighted by Gasteiger charge is 2.23. The summed E-state index contributed by atoms with van der Waals surface area (Å²) in [7, 11) is 2.05. The van der Waals surface area contributed by atoms with E-state index in [2.05, 4.69) is 31.3 Å². The average molecular weight is 545 g/mol. The van der Waals surface area contributed by atoms with E-state index in [9.17, 15) is 4.79 Å². The van der Waals surface area contributed by atoms with Crippen LogP contribution in [0.1, 0.15) is 23.9 Å². The van der Waals surface area contributed by atoms with Crippen LogP contribution >= 0.6 is 0 Å². The molecule has 4 heterocycles. The molecule has 0 aliphatic carbocycles. The Bertz CT molecular complexity index is 1500. The van der Waals surface area contributed by atoms with Crippen molar-refractivity contribution in [2.75, 3.05) is 44.0 Å². The number of nitrogens with one attached hydrogen (secondary N) is 1.